The van der Waals surface area contributed by atoms with Gasteiger partial charge in [-0.2, -0.15) is 10.4 Å². The van der Waals surface area contributed by atoms with E-state index in [9.17, 15) is 14.9 Å². The van der Waals surface area contributed by atoms with Gasteiger partial charge in [0, 0.05) is 24.8 Å². The molecule has 2 fully saturated rings. The number of hydrogen-bond acceptors (Lipinski definition) is 5. The lowest BCUT2D eigenvalue weighted by atomic mass is 10.1. The predicted molar refractivity (Wildman–Crippen MR) is 125 cm³/mol. The quantitative estimate of drug-likeness (QED) is 0.433. The summed E-state index contributed by atoms with van der Waals surface area (Å²) < 4.78 is 7.51. The summed E-state index contributed by atoms with van der Waals surface area (Å²) in [5, 5.41) is 13.9. The molecule has 2 amide bonds. The molecule has 0 bridgehead atoms. The summed E-state index contributed by atoms with van der Waals surface area (Å²) in [5.41, 5.74) is 7.35. The van der Waals surface area contributed by atoms with Crippen LogP contribution in [0.2, 0.25) is 0 Å². The van der Waals surface area contributed by atoms with E-state index >= 15 is 0 Å². The highest BCUT2D eigenvalue weighted by Gasteiger charge is 2.35. The number of para-hydroxylation sites is 1. The number of carbonyl (C=O) groups excluding carboxylic acids is 2. The molecule has 2 aromatic carbocycles. The summed E-state index contributed by atoms with van der Waals surface area (Å²) in [5.74, 6) is 0.926. The molecule has 1 saturated carbocycles. The minimum atomic E-state index is -0.572. The Kier molecular flexibility index (Phi) is 5.60. The van der Waals surface area contributed by atoms with E-state index < -0.39 is 5.91 Å². The van der Waals surface area contributed by atoms with Gasteiger partial charge in [-0.05, 0) is 55.2 Å². The lowest BCUT2D eigenvalue weighted by molar-refractivity contribution is -0.132. The molecule has 0 radical (unpaired) electrons. The molecule has 8 heteroatoms. The van der Waals surface area contributed by atoms with Crippen LogP contribution in [0.5, 0.6) is 11.5 Å². The second-order valence-corrected chi connectivity index (χ2v) is 8.57. The van der Waals surface area contributed by atoms with Crippen molar-refractivity contribution in [2.45, 2.75) is 18.9 Å². The first kappa shape index (κ1) is 21.5. The largest absolute Gasteiger partial charge is 0.457 e. The summed E-state index contributed by atoms with van der Waals surface area (Å²) in [6.45, 7) is 0.845. The van der Waals surface area contributed by atoms with Crippen molar-refractivity contribution in [2.75, 3.05) is 13.1 Å². The highest BCUT2D eigenvalue weighted by atomic mass is 16.5. The van der Waals surface area contributed by atoms with Gasteiger partial charge < -0.3 is 15.4 Å². The van der Waals surface area contributed by atoms with Crippen LogP contribution >= 0.6 is 0 Å². The van der Waals surface area contributed by atoms with Crippen molar-refractivity contribution < 1.29 is 14.3 Å². The number of primary amides is 1. The molecule has 1 aliphatic carbocycles. The lowest BCUT2D eigenvalue weighted by Gasteiger charge is -2.39. The van der Waals surface area contributed by atoms with Gasteiger partial charge in [-0.25, -0.2) is 0 Å². The van der Waals surface area contributed by atoms with Crippen molar-refractivity contribution in [3.63, 3.8) is 0 Å². The van der Waals surface area contributed by atoms with E-state index in [0.29, 0.717) is 36.0 Å². The van der Waals surface area contributed by atoms with Gasteiger partial charge in [-0.15, -0.1) is 0 Å². The Morgan fingerprint density at radius 3 is 2.35 bits per heavy atom. The van der Waals surface area contributed by atoms with Crippen molar-refractivity contribution in [1.29, 1.82) is 5.26 Å². The van der Waals surface area contributed by atoms with Crippen molar-refractivity contribution in [1.82, 2.24) is 14.7 Å². The summed E-state index contributed by atoms with van der Waals surface area (Å²) in [7, 11) is 0. The molecule has 0 spiro atoms. The Labute approximate surface area is 196 Å². The number of nitrogens with two attached hydrogens (primary N) is 1. The Morgan fingerprint density at radius 1 is 1.06 bits per heavy atom. The molecule has 2 N–H and O–H groups in total. The molecule has 1 saturated heterocycles. The van der Waals surface area contributed by atoms with E-state index in [0.717, 1.165) is 24.2 Å². The first-order chi connectivity index (χ1) is 16.5. The number of allylic oxidation sites excluding steroid dienone is 1. The molecule has 34 heavy (non-hydrogen) atoms. The Hall–Kier alpha value is -4.38. The van der Waals surface area contributed by atoms with Crippen LogP contribution < -0.4 is 10.5 Å². The number of hydrogen-bond donors (Lipinski definition) is 1. The van der Waals surface area contributed by atoms with Crippen molar-refractivity contribution in [3.05, 3.63) is 78.0 Å². The molecule has 2 heterocycles. The van der Waals surface area contributed by atoms with E-state index in [1.54, 1.807) is 21.9 Å². The fourth-order valence-corrected chi connectivity index (χ4v) is 3.89. The summed E-state index contributed by atoms with van der Waals surface area (Å²) in [4.78, 5) is 26.3. The molecule has 170 valence electrons. The van der Waals surface area contributed by atoms with Gasteiger partial charge in [0.25, 0.3) is 11.8 Å². The number of benzene rings is 2. The van der Waals surface area contributed by atoms with Crippen molar-refractivity contribution in [3.8, 4) is 28.8 Å². The van der Waals surface area contributed by atoms with E-state index in [1.165, 1.54) is 0 Å². The number of nitriles is 1. The Balaban J connectivity index is 1.30. The molecule has 0 atom stereocenters. The zero-order chi connectivity index (χ0) is 23.7. The van der Waals surface area contributed by atoms with Gasteiger partial charge in [0.15, 0.2) is 0 Å². The smallest absolute Gasteiger partial charge is 0.264 e. The van der Waals surface area contributed by atoms with Crippen LogP contribution in [-0.2, 0) is 4.79 Å². The minimum Gasteiger partial charge on any atom is -0.457 e. The van der Waals surface area contributed by atoms with Crippen LogP contribution in [0.25, 0.3) is 11.3 Å². The number of carbonyl (C=O) groups is 2. The first-order valence-electron chi connectivity index (χ1n) is 11.2. The van der Waals surface area contributed by atoms with Crippen molar-refractivity contribution in [2.24, 2.45) is 11.7 Å². The summed E-state index contributed by atoms with van der Waals surface area (Å²) in [6, 6.07) is 18.7. The molecule has 1 aromatic heterocycles. The number of nitrogens with zero attached hydrogens (tertiary/aromatic N) is 4. The molecule has 3 aromatic rings. The second kappa shape index (κ2) is 8.87. The zero-order valence-electron chi connectivity index (χ0n) is 18.4. The van der Waals surface area contributed by atoms with Crippen LogP contribution in [0.4, 0.5) is 0 Å². The molecule has 0 unspecified atom stereocenters. The number of amides is 2. The maximum Gasteiger partial charge on any atom is 0.264 e. The average Bonchev–Trinajstić information content (AvgIpc) is 3.53. The maximum absolute atomic E-state index is 12.6. The fraction of sp³-hybridized carbons (Fsp3) is 0.231. The van der Waals surface area contributed by atoms with Gasteiger partial charge in [-0.3, -0.25) is 14.3 Å². The van der Waals surface area contributed by atoms with Crippen LogP contribution in [0, 0.1) is 17.2 Å². The second-order valence-electron chi connectivity index (χ2n) is 8.57. The van der Waals surface area contributed by atoms with Gasteiger partial charge in [0.1, 0.15) is 28.8 Å². The van der Waals surface area contributed by atoms with Crippen LogP contribution in [0.3, 0.4) is 0 Å². The van der Waals surface area contributed by atoms with E-state index in [1.807, 2.05) is 60.7 Å². The first-order valence-corrected chi connectivity index (χ1v) is 11.2. The van der Waals surface area contributed by atoms with Gasteiger partial charge in [0.2, 0.25) is 0 Å². The van der Waals surface area contributed by atoms with Crippen molar-refractivity contribution >= 4 is 11.8 Å². The third-order valence-electron chi connectivity index (χ3n) is 6.00. The van der Waals surface area contributed by atoms with Gasteiger partial charge in [0.05, 0.1) is 11.6 Å². The number of ether oxygens (including phenoxy) is 1. The average molecular weight is 454 g/mol. The third kappa shape index (κ3) is 4.41. The SMILES string of the molecule is N#CC(=CC1CC1)C(=O)N1CC(n2cc(C(N)=O)c(-c3ccc(Oc4ccccc4)cc3)n2)C1. The van der Waals surface area contributed by atoms with Crippen LogP contribution in [-0.4, -0.2) is 39.6 Å². The summed E-state index contributed by atoms with van der Waals surface area (Å²) in [6.07, 6.45) is 5.47. The molecule has 8 nitrogen and oxygen atoms in total. The highest BCUT2D eigenvalue weighted by Crippen LogP contribution is 2.33. The topological polar surface area (TPSA) is 114 Å². The van der Waals surface area contributed by atoms with Gasteiger partial charge >= 0.3 is 0 Å². The summed E-state index contributed by atoms with van der Waals surface area (Å²) >= 11 is 0. The van der Waals surface area contributed by atoms with Crippen LogP contribution in [0.1, 0.15) is 29.2 Å². The number of likely N-dealkylation sites (tertiary alicyclic amines) is 1. The normalized spacial score (nSPS) is 16.0. The number of aromatic nitrogens is 2. The Morgan fingerprint density at radius 2 is 1.74 bits per heavy atom. The predicted octanol–water partition coefficient (Wildman–Crippen LogP) is 3.68. The molecule has 1 aliphatic heterocycles. The monoisotopic (exact) mass is 453 g/mol. The van der Waals surface area contributed by atoms with E-state index in [-0.39, 0.29) is 17.5 Å². The van der Waals surface area contributed by atoms with Gasteiger partial charge in [-0.1, -0.05) is 24.3 Å². The third-order valence-corrected chi connectivity index (χ3v) is 6.00. The fourth-order valence-electron chi connectivity index (χ4n) is 3.89. The molecular weight excluding hydrogens is 430 g/mol. The molecule has 5 rings (SSSR count). The van der Waals surface area contributed by atoms with E-state index in [4.69, 9.17) is 10.5 Å². The standard InChI is InChI=1S/C26H23N5O3/c27-13-19(12-17-6-7-17)26(33)30-14-20(15-30)31-16-23(25(28)32)24(29-31)18-8-10-22(11-9-18)34-21-4-2-1-3-5-21/h1-5,8-12,16-17,20H,6-7,14-15H2,(H2,28,32). The molecular formula is C26H23N5O3. The lowest BCUT2D eigenvalue weighted by Crippen LogP contribution is -2.51. The molecule has 2 aliphatic rings. The Bertz CT molecular complexity index is 1290. The zero-order valence-corrected chi connectivity index (χ0v) is 18.4. The highest BCUT2D eigenvalue weighted by molar-refractivity contribution is 5.99. The maximum atomic E-state index is 12.6. The van der Waals surface area contributed by atoms with E-state index in [2.05, 4.69) is 5.10 Å². The van der Waals surface area contributed by atoms with Crippen LogP contribution in [0.15, 0.2) is 72.4 Å². The number of rotatable bonds is 7. The minimum absolute atomic E-state index is 0.0858.